The number of carbonyl (C=O) groups is 2. The zero-order chi connectivity index (χ0) is 22.4. The average Bonchev–Trinajstić information content (AvgIpc) is 3.25. The number of halogens is 2. The van der Waals surface area contributed by atoms with Gasteiger partial charge in [-0.05, 0) is 49.4 Å². The number of amides is 2. The van der Waals surface area contributed by atoms with Crippen molar-refractivity contribution in [3.63, 3.8) is 0 Å². The third-order valence-corrected chi connectivity index (χ3v) is 6.64. The second kappa shape index (κ2) is 11.0. The number of nitrogens with one attached hydrogen (secondary N) is 1. The Balaban J connectivity index is 1.82. The molecule has 0 unspecified atom stereocenters. The molecular formula is C25H30Cl2N2O2. The molecule has 1 atom stereocenters. The lowest BCUT2D eigenvalue weighted by Crippen LogP contribution is -2.51. The zero-order valence-electron chi connectivity index (χ0n) is 18.2. The molecular weight excluding hydrogens is 431 g/mol. The topological polar surface area (TPSA) is 49.4 Å². The smallest absolute Gasteiger partial charge is 0.243 e. The fourth-order valence-electron chi connectivity index (χ4n) is 4.10. The van der Waals surface area contributed by atoms with Crippen molar-refractivity contribution < 1.29 is 9.59 Å². The first kappa shape index (κ1) is 23.6. The van der Waals surface area contributed by atoms with Crippen LogP contribution in [0.4, 0.5) is 0 Å². The molecule has 0 aromatic heterocycles. The van der Waals surface area contributed by atoms with E-state index in [4.69, 9.17) is 23.2 Å². The summed E-state index contributed by atoms with van der Waals surface area (Å²) in [7, 11) is 0. The van der Waals surface area contributed by atoms with E-state index in [0.29, 0.717) is 23.0 Å². The molecule has 0 spiro atoms. The Bertz CT molecular complexity index is 908. The van der Waals surface area contributed by atoms with Crippen LogP contribution in [0.1, 0.15) is 55.7 Å². The van der Waals surface area contributed by atoms with Gasteiger partial charge in [0, 0.05) is 12.6 Å². The molecule has 1 fully saturated rings. The first-order valence-electron chi connectivity index (χ1n) is 11.0. The molecule has 166 valence electrons. The normalized spacial score (nSPS) is 15.0. The Labute approximate surface area is 194 Å². The van der Waals surface area contributed by atoms with Gasteiger partial charge >= 0.3 is 0 Å². The van der Waals surface area contributed by atoms with Gasteiger partial charge in [0.15, 0.2) is 0 Å². The summed E-state index contributed by atoms with van der Waals surface area (Å²) in [5, 5.41) is 4.04. The summed E-state index contributed by atoms with van der Waals surface area (Å²) < 4.78 is 0. The van der Waals surface area contributed by atoms with E-state index in [1.807, 2.05) is 38.1 Å². The predicted octanol–water partition coefficient (Wildman–Crippen LogP) is 5.71. The van der Waals surface area contributed by atoms with Gasteiger partial charge in [-0.1, -0.05) is 78.9 Å². The molecule has 1 aliphatic rings. The molecule has 1 aliphatic carbocycles. The van der Waals surface area contributed by atoms with Crippen molar-refractivity contribution in [2.75, 3.05) is 0 Å². The van der Waals surface area contributed by atoms with Crippen molar-refractivity contribution in [2.24, 2.45) is 0 Å². The van der Waals surface area contributed by atoms with Gasteiger partial charge in [0.05, 0.1) is 16.5 Å². The highest BCUT2D eigenvalue weighted by Gasteiger charge is 2.30. The standard InChI is InChI=1S/C25H30Cl2N2O2/c1-3-23(25(31)28-20-6-4-5-7-20)29(16-18-10-8-17(2)9-11-18)24(30)15-19-12-13-21(26)22(27)14-19/h8-14,20,23H,3-7,15-16H2,1-2H3,(H,28,31)/t23-/m0/s1. The Morgan fingerprint density at radius 3 is 2.29 bits per heavy atom. The van der Waals surface area contributed by atoms with Gasteiger partial charge in [0.1, 0.15) is 6.04 Å². The zero-order valence-corrected chi connectivity index (χ0v) is 19.7. The molecule has 2 aromatic rings. The number of hydrogen-bond donors (Lipinski definition) is 1. The van der Waals surface area contributed by atoms with E-state index in [1.54, 1.807) is 23.1 Å². The number of hydrogen-bond acceptors (Lipinski definition) is 2. The molecule has 2 amide bonds. The maximum atomic E-state index is 13.4. The van der Waals surface area contributed by atoms with Crippen molar-refractivity contribution >= 4 is 35.0 Å². The molecule has 2 aromatic carbocycles. The summed E-state index contributed by atoms with van der Waals surface area (Å²) in [4.78, 5) is 28.2. The minimum absolute atomic E-state index is 0.0657. The Morgan fingerprint density at radius 2 is 1.68 bits per heavy atom. The van der Waals surface area contributed by atoms with Crippen molar-refractivity contribution in [3.05, 3.63) is 69.2 Å². The lowest BCUT2D eigenvalue weighted by Gasteiger charge is -2.31. The van der Waals surface area contributed by atoms with Crippen molar-refractivity contribution in [2.45, 2.75) is 71.0 Å². The largest absolute Gasteiger partial charge is 0.352 e. The number of benzene rings is 2. The van der Waals surface area contributed by atoms with Gasteiger partial charge in [0.2, 0.25) is 11.8 Å². The fraction of sp³-hybridized carbons (Fsp3) is 0.440. The highest BCUT2D eigenvalue weighted by atomic mass is 35.5. The molecule has 0 bridgehead atoms. The van der Waals surface area contributed by atoms with Crippen LogP contribution in [-0.2, 0) is 22.6 Å². The molecule has 6 heteroatoms. The van der Waals surface area contributed by atoms with E-state index in [1.165, 1.54) is 0 Å². The van der Waals surface area contributed by atoms with Crippen LogP contribution in [0.15, 0.2) is 42.5 Å². The maximum absolute atomic E-state index is 13.4. The molecule has 0 aliphatic heterocycles. The van der Waals surface area contributed by atoms with E-state index in [9.17, 15) is 9.59 Å². The van der Waals surface area contributed by atoms with Crippen LogP contribution in [0.25, 0.3) is 0 Å². The summed E-state index contributed by atoms with van der Waals surface area (Å²) in [5.74, 6) is -0.170. The van der Waals surface area contributed by atoms with Gasteiger partial charge in [-0.15, -0.1) is 0 Å². The minimum atomic E-state index is -0.517. The van der Waals surface area contributed by atoms with E-state index < -0.39 is 6.04 Å². The second-order valence-electron chi connectivity index (χ2n) is 8.35. The Hall–Kier alpha value is -2.04. The summed E-state index contributed by atoms with van der Waals surface area (Å²) >= 11 is 12.2. The highest BCUT2D eigenvalue weighted by molar-refractivity contribution is 6.42. The molecule has 1 N–H and O–H groups in total. The third-order valence-electron chi connectivity index (χ3n) is 5.90. The van der Waals surface area contributed by atoms with Crippen molar-refractivity contribution in [1.29, 1.82) is 0 Å². The van der Waals surface area contributed by atoms with Crippen LogP contribution in [0.3, 0.4) is 0 Å². The molecule has 3 rings (SSSR count). The van der Waals surface area contributed by atoms with E-state index in [-0.39, 0.29) is 24.3 Å². The maximum Gasteiger partial charge on any atom is 0.243 e. The van der Waals surface area contributed by atoms with Crippen LogP contribution < -0.4 is 5.32 Å². The van der Waals surface area contributed by atoms with Crippen LogP contribution in [-0.4, -0.2) is 28.8 Å². The highest BCUT2D eigenvalue weighted by Crippen LogP contribution is 2.24. The molecule has 1 saturated carbocycles. The van der Waals surface area contributed by atoms with Gasteiger partial charge in [-0.3, -0.25) is 9.59 Å². The van der Waals surface area contributed by atoms with E-state index >= 15 is 0 Å². The number of rotatable bonds is 8. The predicted molar refractivity (Wildman–Crippen MR) is 126 cm³/mol. The van der Waals surface area contributed by atoms with Gasteiger partial charge in [-0.2, -0.15) is 0 Å². The summed E-state index contributed by atoms with van der Waals surface area (Å²) in [5.41, 5.74) is 2.93. The van der Waals surface area contributed by atoms with E-state index in [0.717, 1.165) is 42.4 Å². The Kier molecular flexibility index (Phi) is 8.39. The first-order valence-corrected chi connectivity index (χ1v) is 11.7. The Morgan fingerprint density at radius 1 is 1.03 bits per heavy atom. The molecule has 0 radical (unpaired) electrons. The van der Waals surface area contributed by atoms with E-state index in [2.05, 4.69) is 5.32 Å². The van der Waals surface area contributed by atoms with Crippen molar-refractivity contribution in [1.82, 2.24) is 10.2 Å². The molecule has 4 nitrogen and oxygen atoms in total. The number of carbonyl (C=O) groups excluding carboxylic acids is 2. The van der Waals surface area contributed by atoms with Gasteiger partial charge in [-0.25, -0.2) is 0 Å². The number of aryl methyl sites for hydroxylation is 1. The third kappa shape index (κ3) is 6.47. The summed E-state index contributed by atoms with van der Waals surface area (Å²) in [6.45, 7) is 4.37. The van der Waals surface area contributed by atoms with Crippen LogP contribution in [0.2, 0.25) is 10.0 Å². The molecule has 0 saturated heterocycles. The minimum Gasteiger partial charge on any atom is -0.352 e. The van der Waals surface area contributed by atoms with Crippen LogP contribution >= 0.6 is 23.2 Å². The fourth-order valence-corrected chi connectivity index (χ4v) is 4.42. The summed E-state index contributed by atoms with van der Waals surface area (Å²) in [6.07, 6.45) is 5.03. The second-order valence-corrected chi connectivity index (χ2v) is 9.16. The number of nitrogens with zero attached hydrogens (tertiary/aromatic N) is 1. The quantitative estimate of drug-likeness (QED) is 0.548. The molecule has 0 heterocycles. The average molecular weight is 461 g/mol. The van der Waals surface area contributed by atoms with Crippen LogP contribution in [0.5, 0.6) is 0 Å². The molecule has 31 heavy (non-hydrogen) atoms. The monoisotopic (exact) mass is 460 g/mol. The lowest BCUT2D eigenvalue weighted by molar-refractivity contribution is -0.141. The lowest BCUT2D eigenvalue weighted by atomic mass is 10.1. The van der Waals surface area contributed by atoms with Crippen LogP contribution in [0, 0.1) is 6.92 Å². The van der Waals surface area contributed by atoms with Crippen molar-refractivity contribution in [3.8, 4) is 0 Å². The van der Waals surface area contributed by atoms with Gasteiger partial charge < -0.3 is 10.2 Å². The SMILES string of the molecule is CC[C@@H](C(=O)NC1CCCC1)N(Cc1ccc(C)cc1)C(=O)Cc1ccc(Cl)c(Cl)c1. The van der Waals surface area contributed by atoms with Gasteiger partial charge in [0.25, 0.3) is 0 Å². The first-order chi connectivity index (χ1) is 14.9. The summed E-state index contributed by atoms with van der Waals surface area (Å²) in [6, 6.07) is 13.0.